The van der Waals surface area contributed by atoms with Crippen LogP contribution in [0.15, 0.2) is 18.2 Å². The Hall–Kier alpha value is -1.69. The van der Waals surface area contributed by atoms with Gasteiger partial charge in [-0.25, -0.2) is 4.98 Å². The van der Waals surface area contributed by atoms with Crippen LogP contribution in [0.2, 0.25) is 0 Å². The van der Waals surface area contributed by atoms with Gasteiger partial charge in [-0.1, -0.05) is 6.07 Å². The number of aromatic nitrogens is 1. The zero-order chi connectivity index (χ0) is 17.4. The fourth-order valence-corrected chi connectivity index (χ4v) is 4.77. The van der Waals surface area contributed by atoms with Crippen LogP contribution in [0, 0.1) is 11.4 Å². The standard InChI is InChI=1S/C19H26FN3O2/c20-16-2-1-3-17(21-16)22-11-8-19(9-12-22)10-13-23(18(19)25)14-4-6-15(24)7-5-14/h1-3,14-15,24H,4-13H2. The number of hydrogen-bond donors (Lipinski definition) is 1. The van der Waals surface area contributed by atoms with Crippen molar-refractivity contribution in [1.29, 1.82) is 0 Å². The second-order valence-electron chi connectivity index (χ2n) is 7.80. The number of amides is 1. The molecule has 0 unspecified atom stereocenters. The van der Waals surface area contributed by atoms with Crippen molar-refractivity contribution in [3.05, 3.63) is 24.1 Å². The molecule has 25 heavy (non-hydrogen) atoms. The van der Waals surface area contributed by atoms with Crippen LogP contribution in [0.5, 0.6) is 0 Å². The van der Waals surface area contributed by atoms with E-state index in [2.05, 4.69) is 14.8 Å². The van der Waals surface area contributed by atoms with Gasteiger partial charge in [-0.2, -0.15) is 4.39 Å². The first kappa shape index (κ1) is 16.8. The number of nitrogens with zero attached hydrogens (tertiary/aromatic N) is 3. The molecule has 1 N–H and O–H groups in total. The van der Waals surface area contributed by atoms with Gasteiger partial charge in [0, 0.05) is 25.7 Å². The highest BCUT2D eigenvalue weighted by Crippen LogP contribution is 2.44. The molecule has 0 aromatic carbocycles. The highest BCUT2D eigenvalue weighted by Gasteiger charge is 2.50. The normalized spacial score (nSPS) is 29.4. The van der Waals surface area contributed by atoms with Gasteiger partial charge < -0.3 is 14.9 Å². The molecule has 1 amide bonds. The largest absolute Gasteiger partial charge is 0.393 e. The number of aliphatic hydroxyl groups is 1. The number of aliphatic hydroxyl groups excluding tert-OH is 1. The summed E-state index contributed by atoms with van der Waals surface area (Å²) in [4.78, 5) is 21.3. The number of rotatable bonds is 2. The Morgan fingerprint density at radius 1 is 1.08 bits per heavy atom. The van der Waals surface area contributed by atoms with E-state index in [0.717, 1.165) is 64.6 Å². The van der Waals surface area contributed by atoms with E-state index >= 15 is 0 Å². The van der Waals surface area contributed by atoms with Gasteiger partial charge in [-0.3, -0.25) is 4.79 Å². The lowest BCUT2D eigenvalue weighted by Gasteiger charge is -2.40. The van der Waals surface area contributed by atoms with Gasteiger partial charge in [-0.15, -0.1) is 0 Å². The third-order valence-electron chi connectivity index (χ3n) is 6.40. The van der Waals surface area contributed by atoms with Crippen molar-refractivity contribution in [2.24, 2.45) is 5.41 Å². The van der Waals surface area contributed by atoms with Gasteiger partial charge in [0.05, 0.1) is 11.5 Å². The monoisotopic (exact) mass is 347 g/mol. The number of carbonyl (C=O) groups excluding carboxylic acids is 1. The third-order valence-corrected chi connectivity index (χ3v) is 6.40. The molecule has 0 radical (unpaired) electrons. The minimum Gasteiger partial charge on any atom is -0.393 e. The SMILES string of the molecule is O=C1N(C2CCC(O)CC2)CCC12CCN(c1cccc(F)n1)CC2. The average Bonchev–Trinajstić information content (AvgIpc) is 2.93. The van der Waals surface area contributed by atoms with Crippen molar-refractivity contribution in [3.8, 4) is 0 Å². The molecule has 2 aliphatic heterocycles. The molecule has 1 aromatic rings. The minimum absolute atomic E-state index is 0.190. The summed E-state index contributed by atoms with van der Waals surface area (Å²) in [6.07, 6.45) is 5.82. The van der Waals surface area contributed by atoms with Crippen molar-refractivity contribution in [2.45, 2.75) is 57.1 Å². The summed E-state index contributed by atoms with van der Waals surface area (Å²) < 4.78 is 13.3. The van der Waals surface area contributed by atoms with E-state index < -0.39 is 5.95 Å². The zero-order valence-corrected chi connectivity index (χ0v) is 14.5. The summed E-state index contributed by atoms with van der Waals surface area (Å²) in [5.41, 5.74) is -0.236. The number of likely N-dealkylation sites (tertiary alicyclic amines) is 1. The van der Waals surface area contributed by atoms with Crippen LogP contribution in [-0.2, 0) is 4.79 Å². The number of hydrogen-bond acceptors (Lipinski definition) is 4. The van der Waals surface area contributed by atoms with Gasteiger partial charge >= 0.3 is 0 Å². The summed E-state index contributed by atoms with van der Waals surface area (Å²) in [5, 5.41) is 9.69. The lowest BCUT2D eigenvalue weighted by molar-refractivity contribution is -0.139. The third kappa shape index (κ3) is 3.12. The van der Waals surface area contributed by atoms with Crippen molar-refractivity contribution in [3.63, 3.8) is 0 Å². The number of halogens is 1. The molecule has 5 nitrogen and oxygen atoms in total. The molecule has 1 aromatic heterocycles. The van der Waals surface area contributed by atoms with Gasteiger partial charge in [0.15, 0.2) is 0 Å². The highest BCUT2D eigenvalue weighted by atomic mass is 19.1. The van der Waals surface area contributed by atoms with Crippen LogP contribution in [0.1, 0.15) is 44.9 Å². The minimum atomic E-state index is -0.458. The smallest absolute Gasteiger partial charge is 0.229 e. The van der Waals surface area contributed by atoms with E-state index in [-0.39, 0.29) is 11.5 Å². The first-order valence-electron chi connectivity index (χ1n) is 9.44. The maximum Gasteiger partial charge on any atom is 0.229 e. The number of carbonyl (C=O) groups is 1. The predicted octanol–water partition coefficient (Wildman–Crippen LogP) is 2.34. The molecule has 1 spiro atoms. The number of anilines is 1. The van der Waals surface area contributed by atoms with Crippen molar-refractivity contribution >= 4 is 11.7 Å². The van der Waals surface area contributed by atoms with Gasteiger partial charge in [0.25, 0.3) is 0 Å². The van der Waals surface area contributed by atoms with E-state index in [1.165, 1.54) is 6.07 Å². The van der Waals surface area contributed by atoms with E-state index in [9.17, 15) is 14.3 Å². The fraction of sp³-hybridized carbons (Fsp3) is 0.684. The van der Waals surface area contributed by atoms with Gasteiger partial charge in [0.1, 0.15) is 5.82 Å². The summed E-state index contributed by atoms with van der Waals surface area (Å²) in [7, 11) is 0. The average molecular weight is 347 g/mol. The Balaban J connectivity index is 1.40. The van der Waals surface area contributed by atoms with E-state index in [1.54, 1.807) is 6.07 Å². The van der Waals surface area contributed by atoms with Gasteiger partial charge in [-0.05, 0) is 57.1 Å². The van der Waals surface area contributed by atoms with Crippen LogP contribution in [0.4, 0.5) is 10.2 Å². The predicted molar refractivity (Wildman–Crippen MR) is 92.7 cm³/mol. The lowest BCUT2D eigenvalue weighted by atomic mass is 9.77. The molecular formula is C19H26FN3O2. The number of piperidine rings is 1. The van der Waals surface area contributed by atoms with Crippen molar-refractivity contribution in [1.82, 2.24) is 9.88 Å². The fourth-order valence-electron chi connectivity index (χ4n) is 4.77. The van der Waals surface area contributed by atoms with E-state index in [0.29, 0.717) is 17.8 Å². The molecule has 0 bridgehead atoms. The molecule has 1 aliphatic carbocycles. The molecule has 0 atom stereocenters. The zero-order valence-electron chi connectivity index (χ0n) is 14.5. The molecule has 3 aliphatic rings. The van der Waals surface area contributed by atoms with Crippen LogP contribution < -0.4 is 4.90 Å². The molecule has 1 saturated carbocycles. The Kier molecular flexibility index (Phi) is 4.40. The molecule has 136 valence electrons. The first-order chi connectivity index (χ1) is 12.1. The number of pyridine rings is 1. The quantitative estimate of drug-likeness (QED) is 0.835. The summed E-state index contributed by atoms with van der Waals surface area (Å²) in [6, 6.07) is 5.17. The molecule has 4 rings (SSSR count). The first-order valence-corrected chi connectivity index (χ1v) is 9.44. The van der Waals surface area contributed by atoms with Crippen LogP contribution in [-0.4, -0.2) is 52.7 Å². The summed E-state index contributed by atoms with van der Waals surface area (Å²) in [6.45, 7) is 2.34. The van der Waals surface area contributed by atoms with Gasteiger partial charge in [0.2, 0.25) is 11.9 Å². The Morgan fingerprint density at radius 2 is 1.76 bits per heavy atom. The van der Waals surface area contributed by atoms with E-state index in [1.807, 2.05) is 6.07 Å². The maximum absolute atomic E-state index is 13.3. The summed E-state index contributed by atoms with van der Waals surface area (Å²) >= 11 is 0. The van der Waals surface area contributed by atoms with Crippen molar-refractivity contribution in [2.75, 3.05) is 24.5 Å². The molecule has 6 heteroatoms. The van der Waals surface area contributed by atoms with E-state index in [4.69, 9.17) is 0 Å². The second-order valence-corrected chi connectivity index (χ2v) is 7.80. The van der Waals surface area contributed by atoms with Crippen LogP contribution in [0.25, 0.3) is 0 Å². The molecule has 3 heterocycles. The highest BCUT2D eigenvalue weighted by molar-refractivity contribution is 5.85. The molecule has 3 fully saturated rings. The maximum atomic E-state index is 13.3. The Bertz CT molecular complexity index is 637. The summed E-state index contributed by atoms with van der Waals surface area (Å²) in [5.74, 6) is 0.513. The Morgan fingerprint density at radius 3 is 2.44 bits per heavy atom. The molecular weight excluding hydrogens is 321 g/mol. The van der Waals surface area contributed by atoms with Crippen molar-refractivity contribution < 1.29 is 14.3 Å². The van der Waals surface area contributed by atoms with Crippen LogP contribution >= 0.6 is 0 Å². The lowest BCUT2D eigenvalue weighted by Crippen LogP contribution is -2.47. The topological polar surface area (TPSA) is 56.7 Å². The Labute approximate surface area is 147 Å². The molecule has 2 saturated heterocycles. The second kappa shape index (κ2) is 6.56. The van der Waals surface area contributed by atoms with Crippen LogP contribution in [0.3, 0.4) is 0 Å².